The fourth-order valence-corrected chi connectivity index (χ4v) is 4.82. The number of amides is 1. The summed E-state index contributed by atoms with van der Waals surface area (Å²) in [5.74, 6) is 0.897. The molecule has 1 aromatic heterocycles. The molecule has 1 aromatic carbocycles. The first-order valence-corrected chi connectivity index (χ1v) is 10.7. The van der Waals surface area contributed by atoms with E-state index in [9.17, 15) is 9.90 Å². The standard InChI is InChI=1S/C24H30N2O3/c1-29-21-9-5-18(6-10-21)23(28)26(19-7-8-19)20-11-13-24(14-12-20,15-17-27)22-4-2-3-16-25-22/h2-6,9-10,16,19-20,27H,7-8,11-15,17H2,1H3. The van der Waals surface area contributed by atoms with E-state index in [2.05, 4.69) is 16.0 Å². The highest BCUT2D eigenvalue weighted by Crippen LogP contribution is 2.44. The Bertz CT molecular complexity index is 810. The van der Waals surface area contributed by atoms with Crippen molar-refractivity contribution in [3.05, 3.63) is 59.9 Å². The van der Waals surface area contributed by atoms with Gasteiger partial charge in [-0.3, -0.25) is 9.78 Å². The van der Waals surface area contributed by atoms with Gasteiger partial charge < -0.3 is 14.7 Å². The van der Waals surface area contributed by atoms with Gasteiger partial charge in [0, 0.05) is 41.6 Å². The number of benzene rings is 1. The van der Waals surface area contributed by atoms with E-state index in [1.807, 2.05) is 42.6 Å². The Morgan fingerprint density at radius 3 is 2.34 bits per heavy atom. The van der Waals surface area contributed by atoms with Gasteiger partial charge in [-0.25, -0.2) is 0 Å². The zero-order valence-corrected chi connectivity index (χ0v) is 17.1. The van der Waals surface area contributed by atoms with Crippen molar-refractivity contribution in [1.29, 1.82) is 0 Å². The van der Waals surface area contributed by atoms with Crippen LogP contribution in [0.15, 0.2) is 48.7 Å². The summed E-state index contributed by atoms with van der Waals surface area (Å²) in [5, 5.41) is 9.70. The first-order chi connectivity index (χ1) is 14.2. The van der Waals surface area contributed by atoms with Crippen molar-refractivity contribution in [1.82, 2.24) is 9.88 Å². The second kappa shape index (κ2) is 8.54. The molecule has 1 heterocycles. The van der Waals surface area contributed by atoms with Gasteiger partial charge in [0.15, 0.2) is 0 Å². The smallest absolute Gasteiger partial charge is 0.254 e. The van der Waals surface area contributed by atoms with Gasteiger partial charge in [-0.05, 0) is 81.3 Å². The third-order valence-electron chi connectivity index (χ3n) is 6.62. The van der Waals surface area contributed by atoms with Crippen molar-refractivity contribution < 1.29 is 14.6 Å². The van der Waals surface area contributed by atoms with Crippen LogP contribution < -0.4 is 4.74 Å². The second-order valence-electron chi connectivity index (χ2n) is 8.37. The number of aliphatic hydroxyl groups excluding tert-OH is 1. The molecule has 154 valence electrons. The Morgan fingerprint density at radius 1 is 1.10 bits per heavy atom. The maximum Gasteiger partial charge on any atom is 0.254 e. The van der Waals surface area contributed by atoms with Gasteiger partial charge in [-0.1, -0.05) is 6.07 Å². The highest BCUT2D eigenvalue weighted by molar-refractivity contribution is 5.95. The summed E-state index contributed by atoms with van der Waals surface area (Å²) in [5.41, 5.74) is 1.73. The molecule has 0 aliphatic heterocycles. The minimum absolute atomic E-state index is 0.0785. The van der Waals surface area contributed by atoms with Gasteiger partial charge in [-0.2, -0.15) is 0 Å². The number of hydrogen-bond donors (Lipinski definition) is 1. The SMILES string of the molecule is COc1ccc(C(=O)N(C2CC2)C2CCC(CCO)(c3ccccn3)CC2)cc1. The molecule has 4 rings (SSSR count). The zero-order valence-electron chi connectivity index (χ0n) is 17.1. The largest absolute Gasteiger partial charge is 0.497 e. The normalized spacial score (nSPS) is 24.1. The van der Waals surface area contributed by atoms with E-state index < -0.39 is 0 Å². The number of carbonyl (C=O) groups excluding carboxylic acids is 1. The van der Waals surface area contributed by atoms with E-state index >= 15 is 0 Å². The number of pyridine rings is 1. The number of nitrogens with zero attached hydrogens (tertiary/aromatic N) is 2. The van der Waals surface area contributed by atoms with Crippen LogP contribution in [0.4, 0.5) is 0 Å². The van der Waals surface area contributed by atoms with Gasteiger partial charge in [0.05, 0.1) is 7.11 Å². The van der Waals surface area contributed by atoms with Crippen LogP contribution in [0.2, 0.25) is 0 Å². The molecule has 0 atom stereocenters. The Kier molecular flexibility index (Phi) is 5.86. The highest BCUT2D eigenvalue weighted by atomic mass is 16.5. The fraction of sp³-hybridized carbons (Fsp3) is 0.500. The Balaban J connectivity index is 1.51. The summed E-state index contributed by atoms with van der Waals surface area (Å²) < 4.78 is 5.22. The lowest BCUT2D eigenvalue weighted by molar-refractivity contribution is 0.0548. The predicted octanol–water partition coefficient (Wildman–Crippen LogP) is 3.96. The Morgan fingerprint density at radius 2 is 1.79 bits per heavy atom. The van der Waals surface area contributed by atoms with Crippen LogP contribution in [0.5, 0.6) is 5.75 Å². The molecular weight excluding hydrogens is 364 g/mol. The molecule has 29 heavy (non-hydrogen) atoms. The van der Waals surface area contributed by atoms with Crippen LogP contribution in [0.25, 0.3) is 0 Å². The molecule has 2 aromatic rings. The molecule has 2 aliphatic carbocycles. The molecule has 0 radical (unpaired) electrons. The Labute approximate surface area is 172 Å². The number of hydrogen-bond acceptors (Lipinski definition) is 4. The molecule has 0 unspecified atom stereocenters. The Hall–Kier alpha value is -2.40. The van der Waals surface area contributed by atoms with Crippen molar-refractivity contribution in [3.63, 3.8) is 0 Å². The van der Waals surface area contributed by atoms with Crippen LogP contribution in [0, 0.1) is 0 Å². The quantitative estimate of drug-likeness (QED) is 0.772. The maximum atomic E-state index is 13.3. The van der Waals surface area contributed by atoms with Crippen LogP contribution in [-0.4, -0.2) is 46.7 Å². The maximum absolute atomic E-state index is 13.3. The van der Waals surface area contributed by atoms with Gasteiger partial charge in [0.2, 0.25) is 0 Å². The third kappa shape index (κ3) is 4.15. The van der Waals surface area contributed by atoms with Crippen LogP contribution in [0.1, 0.15) is 61.0 Å². The number of carbonyl (C=O) groups is 1. The van der Waals surface area contributed by atoms with Crippen LogP contribution >= 0.6 is 0 Å². The van der Waals surface area contributed by atoms with Gasteiger partial charge in [-0.15, -0.1) is 0 Å². The summed E-state index contributed by atoms with van der Waals surface area (Å²) in [4.78, 5) is 20.1. The lowest BCUT2D eigenvalue weighted by Gasteiger charge is -2.43. The average molecular weight is 395 g/mol. The zero-order chi connectivity index (χ0) is 20.3. The first-order valence-electron chi connectivity index (χ1n) is 10.7. The predicted molar refractivity (Wildman–Crippen MR) is 112 cm³/mol. The van der Waals surface area contributed by atoms with Crippen molar-refractivity contribution in [2.45, 2.75) is 62.4 Å². The number of aliphatic hydroxyl groups is 1. The molecule has 5 nitrogen and oxygen atoms in total. The molecule has 1 N–H and O–H groups in total. The molecule has 0 saturated heterocycles. The molecule has 2 saturated carbocycles. The summed E-state index contributed by atoms with van der Waals surface area (Å²) in [6, 6.07) is 14.1. The first kappa shape index (κ1) is 19.9. The van der Waals surface area contributed by atoms with Gasteiger partial charge >= 0.3 is 0 Å². The highest BCUT2D eigenvalue weighted by Gasteiger charge is 2.43. The lowest BCUT2D eigenvalue weighted by atomic mass is 9.68. The van der Waals surface area contributed by atoms with Crippen molar-refractivity contribution >= 4 is 5.91 Å². The van der Waals surface area contributed by atoms with Crippen LogP contribution in [-0.2, 0) is 5.41 Å². The van der Waals surface area contributed by atoms with Gasteiger partial charge in [0.25, 0.3) is 5.91 Å². The topological polar surface area (TPSA) is 62.7 Å². The van der Waals surface area contributed by atoms with E-state index in [1.165, 1.54) is 0 Å². The molecule has 5 heteroatoms. The molecule has 1 amide bonds. The van der Waals surface area contributed by atoms with Crippen LogP contribution in [0.3, 0.4) is 0 Å². The number of aromatic nitrogens is 1. The van der Waals surface area contributed by atoms with Crippen molar-refractivity contribution in [2.24, 2.45) is 0 Å². The van der Waals surface area contributed by atoms with Crippen molar-refractivity contribution in [2.75, 3.05) is 13.7 Å². The third-order valence-corrected chi connectivity index (χ3v) is 6.62. The fourth-order valence-electron chi connectivity index (χ4n) is 4.82. The van der Waals surface area contributed by atoms with E-state index in [1.54, 1.807) is 7.11 Å². The number of ether oxygens (including phenoxy) is 1. The van der Waals surface area contributed by atoms with E-state index in [4.69, 9.17) is 4.74 Å². The van der Waals surface area contributed by atoms with Crippen molar-refractivity contribution in [3.8, 4) is 5.75 Å². The number of rotatable bonds is 7. The van der Waals surface area contributed by atoms with E-state index in [0.29, 0.717) is 6.04 Å². The molecular formula is C24H30N2O3. The minimum atomic E-state index is -0.0785. The average Bonchev–Trinajstić information content (AvgIpc) is 3.61. The molecule has 0 spiro atoms. The summed E-state index contributed by atoms with van der Waals surface area (Å²) in [6.45, 7) is 0.165. The van der Waals surface area contributed by atoms with Gasteiger partial charge in [0.1, 0.15) is 5.75 Å². The molecule has 2 fully saturated rings. The molecule has 2 aliphatic rings. The monoisotopic (exact) mass is 394 g/mol. The molecule has 0 bridgehead atoms. The number of methoxy groups -OCH3 is 1. The summed E-state index contributed by atoms with van der Waals surface area (Å²) >= 11 is 0. The summed E-state index contributed by atoms with van der Waals surface area (Å²) in [6.07, 6.45) is 8.57. The second-order valence-corrected chi connectivity index (χ2v) is 8.37. The summed E-state index contributed by atoms with van der Waals surface area (Å²) in [7, 11) is 1.63. The van der Waals surface area contributed by atoms with E-state index in [0.717, 1.165) is 62.0 Å². The van der Waals surface area contributed by atoms with E-state index in [-0.39, 0.29) is 24.0 Å². The minimum Gasteiger partial charge on any atom is -0.497 e. The lowest BCUT2D eigenvalue weighted by Crippen LogP contribution is -2.47.